The molecule has 0 fully saturated rings. The molecule has 0 saturated carbocycles. The van der Waals surface area contributed by atoms with Crippen LogP contribution in [0.1, 0.15) is 31.4 Å². The van der Waals surface area contributed by atoms with Gasteiger partial charge in [0.1, 0.15) is 0 Å². The van der Waals surface area contributed by atoms with Gasteiger partial charge in [-0.25, -0.2) is 0 Å². The summed E-state index contributed by atoms with van der Waals surface area (Å²) in [6.07, 6.45) is 3.40. The predicted molar refractivity (Wildman–Crippen MR) is 64.0 cm³/mol. The van der Waals surface area contributed by atoms with Crippen molar-refractivity contribution in [3.8, 4) is 0 Å². The van der Waals surface area contributed by atoms with Crippen molar-refractivity contribution in [1.82, 2.24) is 0 Å². The summed E-state index contributed by atoms with van der Waals surface area (Å²) in [5, 5.41) is 0. The van der Waals surface area contributed by atoms with Gasteiger partial charge in [0.2, 0.25) is 0 Å². The van der Waals surface area contributed by atoms with Gasteiger partial charge in [0, 0.05) is 5.88 Å². The molecule has 0 N–H and O–H groups in total. The van der Waals surface area contributed by atoms with Crippen molar-refractivity contribution in [2.45, 2.75) is 33.1 Å². The summed E-state index contributed by atoms with van der Waals surface area (Å²) in [5.74, 6) is 1.40. The molecule has 1 heteroatoms. The van der Waals surface area contributed by atoms with E-state index in [1.807, 2.05) is 0 Å². The van der Waals surface area contributed by atoms with Gasteiger partial charge in [0.25, 0.3) is 0 Å². The predicted octanol–water partition coefficient (Wildman–Crippen LogP) is 4.06. The minimum atomic E-state index is 0.629. The first kappa shape index (κ1) is 11.6. The second kappa shape index (κ2) is 6.08. The van der Waals surface area contributed by atoms with Crippen molar-refractivity contribution in [3.63, 3.8) is 0 Å². The highest BCUT2D eigenvalue weighted by atomic mass is 35.5. The van der Waals surface area contributed by atoms with Crippen molar-refractivity contribution >= 4 is 11.6 Å². The van der Waals surface area contributed by atoms with E-state index in [1.165, 1.54) is 17.5 Å². The van der Waals surface area contributed by atoms with Crippen LogP contribution in [-0.4, -0.2) is 5.88 Å². The SMILES string of the molecule is CCc1ccc(CC(CC)CCl)cc1. The Bertz CT molecular complexity index is 246. The van der Waals surface area contributed by atoms with Gasteiger partial charge in [-0.1, -0.05) is 44.5 Å². The van der Waals surface area contributed by atoms with Crippen molar-refractivity contribution in [1.29, 1.82) is 0 Å². The zero-order chi connectivity index (χ0) is 10.4. The zero-order valence-electron chi connectivity index (χ0n) is 9.09. The monoisotopic (exact) mass is 210 g/mol. The molecule has 1 unspecified atom stereocenters. The van der Waals surface area contributed by atoms with Crippen molar-refractivity contribution < 1.29 is 0 Å². The lowest BCUT2D eigenvalue weighted by atomic mass is 9.98. The highest BCUT2D eigenvalue weighted by Crippen LogP contribution is 2.14. The number of benzene rings is 1. The first-order chi connectivity index (χ1) is 6.80. The highest BCUT2D eigenvalue weighted by Gasteiger charge is 2.05. The van der Waals surface area contributed by atoms with Gasteiger partial charge in [0.05, 0.1) is 0 Å². The molecule has 0 saturated heterocycles. The van der Waals surface area contributed by atoms with E-state index in [4.69, 9.17) is 11.6 Å². The lowest BCUT2D eigenvalue weighted by molar-refractivity contribution is 0.566. The Morgan fingerprint density at radius 1 is 1.07 bits per heavy atom. The van der Waals surface area contributed by atoms with Crippen LogP contribution in [0.15, 0.2) is 24.3 Å². The highest BCUT2D eigenvalue weighted by molar-refractivity contribution is 6.18. The first-order valence-electron chi connectivity index (χ1n) is 5.43. The van der Waals surface area contributed by atoms with Gasteiger partial charge in [0.15, 0.2) is 0 Å². The summed E-state index contributed by atoms with van der Waals surface area (Å²) in [7, 11) is 0. The molecule has 0 radical (unpaired) electrons. The molecule has 0 bridgehead atoms. The Labute approximate surface area is 92.3 Å². The summed E-state index contributed by atoms with van der Waals surface area (Å²) in [6, 6.07) is 8.90. The molecule has 0 spiro atoms. The molecular formula is C13H19Cl. The number of aryl methyl sites for hydroxylation is 1. The minimum Gasteiger partial charge on any atom is -0.126 e. The van der Waals surface area contributed by atoms with Crippen LogP contribution in [0.2, 0.25) is 0 Å². The standard InChI is InChI=1S/C13H19Cl/c1-3-11-5-7-13(8-6-11)9-12(4-2)10-14/h5-8,12H,3-4,9-10H2,1-2H3. The molecule has 0 aliphatic rings. The number of halogens is 1. The Morgan fingerprint density at radius 2 is 1.64 bits per heavy atom. The molecule has 1 aromatic carbocycles. The lowest BCUT2D eigenvalue weighted by Crippen LogP contribution is -2.04. The molecule has 0 aliphatic carbocycles. The second-order valence-corrected chi connectivity index (χ2v) is 4.11. The molecule has 0 nitrogen and oxygen atoms in total. The smallest absolute Gasteiger partial charge is 0.0254 e. The van der Waals surface area contributed by atoms with Crippen LogP contribution >= 0.6 is 11.6 Å². The maximum Gasteiger partial charge on any atom is 0.0254 e. The number of rotatable bonds is 5. The Hall–Kier alpha value is -0.490. The van der Waals surface area contributed by atoms with E-state index < -0.39 is 0 Å². The van der Waals surface area contributed by atoms with Gasteiger partial charge < -0.3 is 0 Å². The summed E-state index contributed by atoms with van der Waals surface area (Å²) in [4.78, 5) is 0. The second-order valence-electron chi connectivity index (χ2n) is 3.80. The zero-order valence-corrected chi connectivity index (χ0v) is 9.85. The molecule has 78 valence electrons. The van der Waals surface area contributed by atoms with Crippen LogP contribution in [0, 0.1) is 5.92 Å². The Kier molecular flexibility index (Phi) is 5.03. The van der Waals surface area contributed by atoms with Crippen LogP contribution in [0.5, 0.6) is 0 Å². The van der Waals surface area contributed by atoms with Gasteiger partial charge in [-0.15, -0.1) is 11.6 Å². The fraction of sp³-hybridized carbons (Fsp3) is 0.538. The third-order valence-electron chi connectivity index (χ3n) is 2.75. The normalized spacial score (nSPS) is 12.8. The maximum atomic E-state index is 5.88. The van der Waals surface area contributed by atoms with Gasteiger partial charge >= 0.3 is 0 Å². The van der Waals surface area contributed by atoms with Crippen molar-refractivity contribution in [2.75, 3.05) is 5.88 Å². The fourth-order valence-electron chi connectivity index (χ4n) is 1.55. The van der Waals surface area contributed by atoms with E-state index >= 15 is 0 Å². The molecule has 0 aromatic heterocycles. The largest absolute Gasteiger partial charge is 0.126 e. The molecule has 0 aliphatic heterocycles. The third kappa shape index (κ3) is 3.34. The molecule has 0 amide bonds. The Balaban J connectivity index is 2.58. The van der Waals surface area contributed by atoms with Crippen molar-refractivity contribution in [3.05, 3.63) is 35.4 Å². The Morgan fingerprint density at radius 3 is 2.07 bits per heavy atom. The fourth-order valence-corrected chi connectivity index (χ4v) is 1.88. The van der Waals surface area contributed by atoms with Crippen molar-refractivity contribution in [2.24, 2.45) is 5.92 Å². The van der Waals surface area contributed by atoms with E-state index in [0.717, 1.165) is 18.7 Å². The molecule has 1 rings (SSSR count). The molecule has 0 heterocycles. The molecule has 14 heavy (non-hydrogen) atoms. The van der Waals surface area contributed by atoms with E-state index in [2.05, 4.69) is 38.1 Å². The van der Waals surface area contributed by atoms with Crippen LogP contribution < -0.4 is 0 Å². The minimum absolute atomic E-state index is 0.629. The van der Waals surface area contributed by atoms with Gasteiger partial charge in [-0.3, -0.25) is 0 Å². The third-order valence-corrected chi connectivity index (χ3v) is 3.19. The van der Waals surface area contributed by atoms with E-state index in [1.54, 1.807) is 0 Å². The van der Waals surface area contributed by atoms with Gasteiger partial charge in [-0.2, -0.15) is 0 Å². The van der Waals surface area contributed by atoms with Crippen LogP contribution in [0.25, 0.3) is 0 Å². The van der Waals surface area contributed by atoms with Crippen LogP contribution in [0.3, 0.4) is 0 Å². The van der Waals surface area contributed by atoms with Gasteiger partial charge in [-0.05, 0) is 29.9 Å². The van der Waals surface area contributed by atoms with E-state index in [0.29, 0.717) is 5.92 Å². The summed E-state index contributed by atoms with van der Waals surface area (Å²) < 4.78 is 0. The van der Waals surface area contributed by atoms with E-state index in [-0.39, 0.29) is 0 Å². The quantitative estimate of drug-likeness (QED) is 0.644. The van der Waals surface area contributed by atoms with E-state index in [9.17, 15) is 0 Å². The molecule has 1 aromatic rings. The lowest BCUT2D eigenvalue weighted by Gasteiger charge is -2.11. The summed E-state index contributed by atoms with van der Waals surface area (Å²) >= 11 is 5.88. The average molecular weight is 211 g/mol. The molecule has 1 atom stereocenters. The average Bonchev–Trinajstić information content (AvgIpc) is 2.26. The number of hydrogen-bond donors (Lipinski definition) is 0. The summed E-state index contributed by atoms with van der Waals surface area (Å²) in [5.41, 5.74) is 2.82. The topological polar surface area (TPSA) is 0 Å². The number of hydrogen-bond acceptors (Lipinski definition) is 0. The maximum absolute atomic E-state index is 5.88. The van der Waals surface area contributed by atoms with Crippen LogP contribution in [0.4, 0.5) is 0 Å². The van der Waals surface area contributed by atoms with Crippen LogP contribution in [-0.2, 0) is 12.8 Å². The molecular weight excluding hydrogens is 192 g/mol. The number of alkyl halides is 1. The summed E-state index contributed by atoms with van der Waals surface area (Å²) in [6.45, 7) is 4.38. The first-order valence-corrected chi connectivity index (χ1v) is 5.97.